The molecule has 2 fully saturated rings. The molecule has 2 aliphatic heterocycles. The van der Waals surface area contributed by atoms with E-state index in [2.05, 4.69) is 37.5 Å². The van der Waals surface area contributed by atoms with E-state index in [1.54, 1.807) is 0 Å². The lowest BCUT2D eigenvalue weighted by Crippen LogP contribution is -2.66. The monoisotopic (exact) mass is 266 g/mol. The van der Waals surface area contributed by atoms with Gasteiger partial charge in [0.1, 0.15) is 0 Å². The minimum atomic E-state index is 0.272. The molecule has 2 aliphatic rings. The molecule has 0 aromatic heterocycles. The smallest absolute Gasteiger partial charge is 0.0331 e. The summed E-state index contributed by atoms with van der Waals surface area (Å²) in [5, 5.41) is 0. The maximum Gasteiger partial charge on any atom is 0.0331 e. The molecule has 2 nitrogen and oxygen atoms in total. The largest absolute Gasteiger partial charge is 0.296 e. The standard InChI is InChI=1S/C17H34N2/c1-16(2,18-12-8-5-6-9-13-18)17(3,4)19-14-10-7-11-15-19/h5-15H2,1-4H3. The van der Waals surface area contributed by atoms with Crippen molar-refractivity contribution in [1.29, 1.82) is 0 Å². The molecule has 19 heavy (non-hydrogen) atoms. The second-order valence-corrected chi connectivity index (χ2v) is 7.57. The minimum absolute atomic E-state index is 0.272. The van der Waals surface area contributed by atoms with E-state index in [-0.39, 0.29) is 11.1 Å². The van der Waals surface area contributed by atoms with Gasteiger partial charge in [-0.1, -0.05) is 19.3 Å². The zero-order chi connectivity index (χ0) is 13.9. The van der Waals surface area contributed by atoms with E-state index in [1.807, 2.05) is 0 Å². The molecule has 2 heterocycles. The predicted octanol–water partition coefficient (Wildman–Crippen LogP) is 3.91. The van der Waals surface area contributed by atoms with E-state index in [9.17, 15) is 0 Å². The molecule has 0 aromatic rings. The third-order valence-electron chi connectivity index (χ3n) is 6.04. The Balaban J connectivity index is 2.10. The van der Waals surface area contributed by atoms with Gasteiger partial charge in [-0.05, 0) is 79.6 Å². The Morgan fingerprint density at radius 2 is 0.737 bits per heavy atom. The Labute approximate surface area is 120 Å². The highest BCUT2D eigenvalue weighted by Crippen LogP contribution is 2.36. The van der Waals surface area contributed by atoms with Crippen molar-refractivity contribution in [1.82, 2.24) is 9.80 Å². The normalized spacial score (nSPS) is 25.3. The lowest BCUT2D eigenvalue weighted by atomic mass is 9.78. The second kappa shape index (κ2) is 6.13. The number of likely N-dealkylation sites (tertiary alicyclic amines) is 2. The molecule has 0 amide bonds. The molecule has 112 valence electrons. The van der Waals surface area contributed by atoms with Crippen molar-refractivity contribution in [3.05, 3.63) is 0 Å². The van der Waals surface area contributed by atoms with Gasteiger partial charge >= 0.3 is 0 Å². The lowest BCUT2D eigenvalue weighted by Gasteiger charge is -2.55. The van der Waals surface area contributed by atoms with Crippen molar-refractivity contribution in [2.24, 2.45) is 0 Å². The van der Waals surface area contributed by atoms with E-state index < -0.39 is 0 Å². The Hall–Kier alpha value is -0.0800. The predicted molar refractivity (Wildman–Crippen MR) is 83.6 cm³/mol. The zero-order valence-electron chi connectivity index (χ0n) is 13.7. The van der Waals surface area contributed by atoms with Gasteiger partial charge in [0.05, 0.1) is 0 Å². The summed E-state index contributed by atoms with van der Waals surface area (Å²) >= 11 is 0. The van der Waals surface area contributed by atoms with Crippen LogP contribution < -0.4 is 0 Å². The molecule has 2 heteroatoms. The van der Waals surface area contributed by atoms with Crippen molar-refractivity contribution < 1.29 is 0 Å². The van der Waals surface area contributed by atoms with Crippen LogP contribution in [0.1, 0.15) is 72.6 Å². The number of rotatable bonds is 3. The SMILES string of the molecule is CC(C)(N1CCCCCC1)C(C)(C)N1CCCCC1. The van der Waals surface area contributed by atoms with Gasteiger partial charge in [0.2, 0.25) is 0 Å². The molecule has 0 bridgehead atoms. The fraction of sp³-hybridized carbons (Fsp3) is 1.00. The van der Waals surface area contributed by atoms with E-state index in [4.69, 9.17) is 0 Å². The quantitative estimate of drug-likeness (QED) is 0.764. The van der Waals surface area contributed by atoms with Gasteiger partial charge in [0.15, 0.2) is 0 Å². The van der Waals surface area contributed by atoms with Gasteiger partial charge in [-0.2, -0.15) is 0 Å². The maximum absolute atomic E-state index is 2.77. The Morgan fingerprint density at radius 1 is 0.474 bits per heavy atom. The molecule has 2 saturated heterocycles. The van der Waals surface area contributed by atoms with Crippen LogP contribution in [0, 0.1) is 0 Å². The van der Waals surface area contributed by atoms with Crippen molar-refractivity contribution in [2.75, 3.05) is 26.2 Å². The highest BCUT2D eigenvalue weighted by Gasteiger charge is 2.45. The average Bonchev–Trinajstić information content (AvgIpc) is 2.68. The first-order valence-corrected chi connectivity index (χ1v) is 8.46. The van der Waals surface area contributed by atoms with Gasteiger partial charge in [-0.15, -0.1) is 0 Å². The van der Waals surface area contributed by atoms with Gasteiger partial charge in [0.25, 0.3) is 0 Å². The summed E-state index contributed by atoms with van der Waals surface area (Å²) in [6.45, 7) is 15.1. The lowest BCUT2D eigenvalue weighted by molar-refractivity contribution is -0.0430. The summed E-state index contributed by atoms with van der Waals surface area (Å²) in [6, 6.07) is 0. The summed E-state index contributed by atoms with van der Waals surface area (Å²) in [5.74, 6) is 0. The Kier molecular flexibility index (Phi) is 4.94. The van der Waals surface area contributed by atoms with Crippen LogP contribution in [0.4, 0.5) is 0 Å². The van der Waals surface area contributed by atoms with Crippen LogP contribution in [0.25, 0.3) is 0 Å². The highest BCUT2D eigenvalue weighted by molar-refractivity contribution is 5.03. The summed E-state index contributed by atoms with van der Waals surface area (Å²) < 4.78 is 0. The molecule has 0 saturated carbocycles. The topological polar surface area (TPSA) is 6.48 Å². The van der Waals surface area contributed by atoms with E-state index >= 15 is 0 Å². The molecular formula is C17H34N2. The highest BCUT2D eigenvalue weighted by atomic mass is 15.3. The molecule has 0 aromatic carbocycles. The Morgan fingerprint density at radius 3 is 1.05 bits per heavy atom. The number of hydrogen-bond donors (Lipinski definition) is 0. The van der Waals surface area contributed by atoms with Crippen LogP contribution in [0.3, 0.4) is 0 Å². The first kappa shape index (κ1) is 15.3. The van der Waals surface area contributed by atoms with Crippen molar-refractivity contribution >= 4 is 0 Å². The molecular weight excluding hydrogens is 232 g/mol. The van der Waals surface area contributed by atoms with Crippen LogP contribution in [0.2, 0.25) is 0 Å². The fourth-order valence-electron chi connectivity index (χ4n) is 3.86. The number of hydrogen-bond acceptors (Lipinski definition) is 2. The van der Waals surface area contributed by atoms with Crippen molar-refractivity contribution in [3.63, 3.8) is 0 Å². The van der Waals surface area contributed by atoms with Gasteiger partial charge < -0.3 is 0 Å². The first-order chi connectivity index (χ1) is 8.96. The summed E-state index contributed by atoms with van der Waals surface area (Å²) in [6.07, 6.45) is 9.84. The summed E-state index contributed by atoms with van der Waals surface area (Å²) in [7, 11) is 0. The van der Waals surface area contributed by atoms with Crippen LogP contribution in [-0.2, 0) is 0 Å². The van der Waals surface area contributed by atoms with E-state index in [0.29, 0.717) is 0 Å². The molecule has 0 radical (unpaired) electrons. The third-order valence-corrected chi connectivity index (χ3v) is 6.04. The molecule has 0 N–H and O–H groups in total. The summed E-state index contributed by atoms with van der Waals surface area (Å²) in [4.78, 5) is 5.52. The first-order valence-electron chi connectivity index (χ1n) is 8.46. The average molecular weight is 266 g/mol. The second-order valence-electron chi connectivity index (χ2n) is 7.57. The Bertz CT molecular complexity index is 269. The van der Waals surface area contributed by atoms with Gasteiger partial charge in [-0.3, -0.25) is 9.80 Å². The van der Waals surface area contributed by atoms with Crippen LogP contribution in [0.15, 0.2) is 0 Å². The van der Waals surface area contributed by atoms with Crippen LogP contribution >= 0.6 is 0 Å². The van der Waals surface area contributed by atoms with Gasteiger partial charge in [0, 0.05) is 11.1 Å². The van der Waals surface area contributed by atoms with Crippen molar-refractivity contribution in [2.45, 2.75) is 83.7 Å². The van der Waals surface area contributed by atoms with Gasteiger partial charge in [-0.25, -0.2) is 0 Å². The molecule has 0 atom stereocenters. The molecule has 0 unspecified atom stereocenters. The zero-order valence-corrected chi connectivity index (χ0v) is 13.7. The van der Waals surface area contributed by atoms with E-state index in [0.717, 1.165) is 0 Å². The van der Waals surface area contributed by atoms with Crippen LogP contribution in [0.5, 0.6) is 0 Å². The van der Waals surface area contributed by atoms with E-state index in [1.165, 1.54) is 71.1 Å². The number of nitrogens with zero attached hydrogens (tertiary/aromatic N) is 2. The fourth-order valence-corrected chi connectivity index (χ4v) is 3.86. The summed E-state index contributed by atoms with van der Waals surface area (Å²) in [5.41, 5.74) is 0.548. The molecule has 0 spiro atoms. The molecule has 0 aliphatic carbocycles. The van der Waals surface area contributed by atoms with Crippen LogP contribution in [-0.4, -0.2) is 47.1 Å². The number of piperidine rings is 1. The van der Waals surface area contributed by atoms with Crippen molar-refractivity contribution in [3.8, 4) is 0 Å². The minimum Gasteiger partial charge on any atom is -0.296 e. The third kappa shape index (κ3) is 3.16. The molecule has 2 rings (SSSR count). The maximum atomic E-state index is 2.77.